The molecule has 0 aliphatic heterocycles. The predicted octanol–water partition coefficient (Wildman–Crippen LogP) is 2.25. The minimum absolute atomic E-state index is 1.01. The van der Waals surface area contributed by atoms with Crippen molar-refractivity contribution < 1.29 is 0 Å². The Kier molecular flexibility index (Phi) is 5.35. The number of halogens is 1. The maximum atomic E-state index is 4.02. The van der Waals surface area contributed by atoms with E-state index in [-0.39, 0.29) is 0 Å². The fraction of sp³-hybridized carbons (Fsp3) is 0.200. The molecule has 0 aliphatic carbocycles. The van der Waals surface area contributed by atoms with Gasteiger partial charge in [-0.2, -0.15) is 0 Å². The molecule has 0 radical (unpaired) electrons. The molecular formula is C15H17BiBrN. The normalized spacial score (nSPS) is 11.2. The first-order chi connectivity index (χ1) is 8.68. The summed E-state index contributed by atoms with van der Waals surface area (Å²) >= 11 is 2.09. The number of nitrogens with zero attached hydrogens (tertiary/aromatic N) is 1. The van der Waals surface area contributed by atoms with E-state index in [1.165, 1.54) is 8.83 Å². The standard InChI is InChI=1S/C9H12N.C6H5.Bi.BrH/c1-10(2)8-9-6-4-3-5-7-9;1-2-4-6-5-3-1;;/h3-6H,8H2,1-2H3;1-5H;;1H/q;;+1;/p-1. The molecule has 0 unspecified atom stereocenters. The Morgan fingerprint density at radius 3 is 2.22 bits per heavy atom. The van der Waals surface area contributed by atoms with Gasteiger partial charge in [0.1, 0.15) is 0 Å². The van der Waals surface area contributed by atoms with Crippen LogP contribution in [0.2, 0.25) is 0 Å². The van der Waals surface area contributed by atoms with Crippen LogP contribution in [0, 0.1) is 0 Å². The second-order valence-corrected chi connectivity index (χ2v) is 16.8. The summed E-state index contributed by atoms with van der Waals surface area (Å²) in [5.41, 5.74) is 1.46. The summed E-state index contributed by atoms with van der Waals surface area (Å²) in [6.07, 6.45) is 0. The van der Waals surface area contributed by atoms with Crippen molar-refractivity contribution in [3.05, 3.63) is 60.2 Å². The van der Waals surface area contributed by atoms with Gasteiger partial charge in [-0.15, -0.1) is 0 Å². The van der Waals surface area contributed by atoms with Crippen LogP contribution >= 0.6 is 12.2 Å². The molecule has 1 nitrogen and oxygen atoms in total. The maximum absolute atomic E-state index is 4.02. The average molecular weight is 500 g/mol. The second kappa shape index (κ2) is 6.79. The SMILES string of the molecule is CN(C)Cc1cccc[c]1[Bi]([Br])[c]1ccccc1. The van der Waals surface area contributed by atoms with E-state index in [0.717, 1.165) is 6.54 Å². The third kappa shape index (κ3) is 3.63. The van der Waals surface area contributed by atoms with E-state index in [4.69, 9.17) is 0 Å². The summed E-state index contributed by atoms with van der Waals surface area (Å²) in [5, 5.41) is 0. The van der Waals surface area contributed by atoms with Crippen LogP contribution in [-0.2, 0) is 6.54 Å². The van der Waals surface area contributed by atoms with Crippen molar-refractivity contribution >= 4 is 38.2 Å². The van der Waals surface area contributed by atoms with Gasteiger partial charge in [-0.05, 0) is 0 Å². The number of benzene rings is 2. The van der Waals surface area contributed by atoms with Gasteiger partial charge in [0.05, 0.1) is 0 Å². The van der Waals surface area contributed by atoms with Gasteiger partial charge >= 0.3 is 124 Å². The summed E-state index contributed by atoms with van der Waals surface area (Å²) < 4.78 is 3.05. The third-order valence-electron chi connectivity index (χ3n) is 2.67. The molecule has 0 N–H and O–H groups in total. The minimum atomic E-state index is -1.93. The van der Waals surface area contributed by atoms with Gasteiger partial charge in [0.2, 0.25) is 0 Å². The fourth-order valence-electron chi connectivity index (χ4n) is 1.87. The first-order valence-electron chi connectivity index (χ1n) is 5.92. The summed E-state index contributed by atoms with van der Waals surface area (Å²) in [7, 11) is 4.24. The van der Waals surface area contributed by atoms with Gasteiger partial charge in [0, 0.05) is 0 Å². The fourth-order valence-corrected chi connectivity index (χ4v) is 12.1. The van der Waals surface area contributed by atoms with Crippen LogP contribution in [0.15, 0.2) is 54.6 Å². The molecule has 2 aromatic carbocycles. The van der Waals surface area contributed by atoms with Crippen LogP contribution in [0.4, 0.5) is 0 Å². The number of hydrogen-bond acceptors (Lipinski definition) is 1. The molecule has 0 saturated heterocycles. The molecule has 3 heteroatoms. The zero-order valence-corrected chi connectivity index (χ0v) is 15.7. The van der Waals surface area contributed by atoms with Crippen molar-refractivity contribution in [2.24, 2.45) is 0 Å². The van der Waals surface area contributed by atoms with Crippen LogP contribution in [0.5, 0.6) is 0 Å². The van der Waals surface area contributed by atoms with Gasteiger partial charge in [-0.3, -0.25) is 0 Å². The molecule has 0 amide bonds. The van der Waals surface area contributed by atoms with Crippen molar-refractivity contribution in [2.45, 2.75) is 6.54 Å². The molecule has 94 valence electrons. The zero-order chi connectivity index (χ0) is 13.0. The molecule has 0 spiro atoms. The van der Waals surface area contributed by atoms with E-state index >= 15 is 0 Å². The molecule has 0 saturated carbocycles. The van der Waals surface area contributed by atoms with Gasteiger partial charge in [-0.1, -0.05) is 0 Å². The summed E-state index contributed by atoms with van der Waals surface area (Å²) in [6.45, 7) is 1.01. The van der Waals surface area contributed by atoms with E-state index < -0.39 is 19.4 Å². The van der Waals surface area contributed by atoms with Crippen molar-refractivity contribution in [2.75, 3.05) is 14.1 Å². The van der Waals surface area contributed by atoms with Crippen molar-refractivity contribution in [1.82, 2.24) is 4.90 Å². The Balaban J connectivity index is 2.33. The number of hydrogen-bond donors (Lipinski definition) is 0. The van der Waals surface area contributed by atoms with E-state index in [1.54, 1.807) is 3.27 Å². The molecule has 0 aromatic heterocycles. The summed E-state index contributed by atoms with van der Waals surface area (Å²) in [5.74, 6) is 0. The van der Waals surface area contributed by atoms with Crippen molar-refractivity contribution in [1.29, 1.82) is 0 Å². The Morgan fingerprint density at radius 1 is 0.944 bits per heavy atom. The molecule has 2 rings (SSSR count). The number of rotatable bonds is 4. The van der Waals surface area contributed by atoms with E-state index in [2.05, 4.69) is 85.8 Å². The van der Waals surface area contributed by atoms with E-state index in [9.17, 15) is 0 Å². The molecule has 2 aromatic rings. The molecule has 0 fully saturated rings. The Morgan fingerprint density at radius 2 is 1.56 bits per heavy atom. The molecule has 0 aliphatic rings. The van der Waals surface area contributed by atoms with Gasteiger partial charge in [-0.25, -0.2) is 0 Å². The van der Waals surface area contributed by atoms with Gasteiger partial charge < -0.3 is 0 Å². The zero-order valence-electron chi connectivity index (χ0n) is 10.7. The summed E-state index contributed by atoms with van der Waals surface area (Å²) in [6, 6.07) is 19.7. The Hall–Kier alpha value is -0.237. The predicted molar refractivity (Wildman–Crippen MR) is 84.2 cm³/mol. The Bertz CT molecular complexity index is 499. The van der Waals surface area contributed by atoms with Crippen LogP contribution in [0.25, 0.3) is 0 Å². The first kappa shape index (κ1) is 14.2. The topological polar surface area (TPSA) is 3.24 Å². The van der Waals surface area contributed by atoms with Gasteiger partial charge in [0.15, 0.2) is 0 Å². The van der Waals surface area contributed by atoms with Crippen LogP contribution < -0.4 is 6.54 Å². The Labute approximate surface area is 123 Å². The van der Waals surface area contributed by atoms with E-state index in [0.29, 0.717) is 0 Å². The first-order valence-corrected chi connectivity index (χ1v) is 16.9. The van der Waals surface area contributed by atoms with Gasteiger partial charge in [0.25, 0.3) is 0 Å². The molecule has 0 bridgehead atoms. The average Bonchev–Trinajstić information content (AvgIpc) is 2.39. The van der Waals surface area contributed by atoms with Crippen LogP contribution in [0.3, 0.4) is 0 Å². The van der Waals surface area contributed by atoms with Crippen LogP contribution in [0.1, 0.15) is 5.56 Å². The monoisotopic (exact) mass is 499 g/mol. The van der Waals surface area contributed by atoms with Crippen LogP contribution in [-0.4, -0.2) is 38.4 Å². The quantitative estimate of drug-likeness (QED) is 0.583. The van der Waals surface area contributed by atoms with Crippen molar-refractivity contribution in [3.8, 4) is 0 Å². The van der Waals surface area contributed by atoms with E-state index in [1.807, 2.05) is 0 Å². The van der Waals surface area contributed by atoms with Crippen molar-refractivity contribution in [3.63, 3.8) is 0 Å². The third-order valence-corrected chi connectivity index (χ3v) is 15.9. The second-order valence-electron chi connectivity index (χ2n) is 4.48. The summed E-state index contributed by atoms with van der Waals surface area (Å²) in [4.78, 5) is 2.23. The molecule has 18 heavy (non-hydrogen) atoms. The molecule has 0 heterocycles. The molecule has 0 atom stereocenters. The molecular weight excluding hydrogens is 483 g/mol.